The van der Waals surface area contributed by atoms with E-state index >= 15 is 0 Å². The number of aromatic nitrogens is 4. The van der Waals surface area contributed by atoms with Crippen LogP contribution >= 0.6 is 11.6 Å². The standard InChI is InChI=1S/C16H16ClN5O3/c17-10-3-1-2-9(4-10)5-18-14-12-15(20-7-19-14)22(8-21-12)16-13(24)11(23)6-25-16/h1-4,7-8,11,13,16,23-24H,5-6H2,(H,18,19,20)/t11-,13-,16-/m1/s1. The Kier molecular flexibility index (Phi) is 4.26. The highest BCUT2D eigenvalue weighted by Gasteiger charge is 2.36. The van der Waals surface area contributed by atoms with E-state index in [0.717, 1.165) is 5.56 Å². The van der Waals surface area contributed by atoms with Crippen LogP contribution in [0.2, 0.25) is 5.02 Å². The monoisotopic (exact) mass is 361 g/mol. The molecule has 25 heavy (non-hydrogen) atoms. The molecule has 0 amide bonds. The fraction of sp³-hybridized carbons (Fsp3) is 0.312. The van der Waals surface area contributed by atoms with Crippen LogP contribution in [0.1, 0.15) is 11.8 Å². The number of rotatable bonds is 4. The highest BCUT2D eigenvalue weighted by Crippen LogP contribution is 2.28. The summed E-state index contributed by atoms with van der Waals surface area (Å²) in [5.74, 6) is 0.566. The molecule has 0 aliphatic carbocycles. The summed E-state index contributed by atoms with van der Waals surface area (Å²) < 4.78 is 7.04. The maximum Gasteiger partial charge on any atom is 0.167 e. The van der Waals surface area contributed by atoms with Crippen molar-refractivity contribution in [2.24, 2.45) is 0 Å². The number of halogens is 1. The summed E-state index contributed by atoms with van der Waals surface area (Å²) >= 11 is 6.00. The summed E-state index contributed by atoms with van der Waals surface area (Å²) in [5, 5.41) is 23.6. The molecule has 0 radical (unpaired) electrons. The van der Waals surface area contributed by atoms with Gasteiger partial charge in [-0.3, -0.25) is 4.57 Å². The van der Waals surface area contributed by atoms with Crippen LogP contribution in [-0.2, 0) is 11.3 Å². The molecular formula is C16H16ClN5O3. The lowest BCUT2D eigenvalue weighted by atomic mass is 10.2. The minimum atomic E-state index is -1.03. The zero-order chi connectivity index (χ0) is 17.4. The van der Waals surface area contributed by atoms with Crippen molar-refractivity contribution < 1.29 is 14.9 Å². The second-order valence-corrected chi connectivity index (χ2v) is 6.25. The van der Waals surface area contributed by atoms with Crippen molar-refractivity contribution in [3.63, 3.8) is 0 Å². The fourth-order valence-corrected chi connectivity index (χ4v) is 3.04. The van der Waals surface area contributed by atoms with Gasteiger partial charge in [0.15, 0.2) is 23.2 Å². The van der Waals surface area contributed by atoms with Crippen LogP contribution in [-0.4, -0.2) is 48.5 Å². The Bertz CT molecular complexity index is 902. The van der Waals surface area contributed by atoms with Crippen molar-refractivity contribution in [3.05, 3.63) is 47.5 Å². The van der Waals surface area contributed by atoms with Crippen LogP contribution in [0.4, 0.5) is 5.82 Å². The topological polar surface area (TPSA) is 105 Å². The Labute approximate surface area is 148 Å². The van der Waals surface area contributed by atoms with Crippen LogP contribution in [0.3, 0.4) is 0 Å². The number of hydrogen-bond acceptors (Lipinski definition) is 7. The summed E-state index contributed by atoms with van der Waals surface area (Å²) in [6, 6.07) is 7.53. The van der Waals surface area contributed by atoms with Gasteiger partial charge in [-0.05, 0) is 17.7 Å². The van der Waals surface area contributed by atoms with Gasteiger partial charge < -0.3 is 20.3 Å². The SMILES string of the molecule is O[C@@H]1[C@H](O)CO[C@H]1n1cnc2c(NCc3cccc(Cl)c3)ncnc21. The molecule has 0 saturated carbocycles. The second-order valence-electron chi connectivity index (χ2n) is 5.81. The number of hydrogen-bond donors (Lipinski definition) is 3. The van der Waals surface area contributed by atoms with Gasteiger partial charge in [0.25, 0.3) is 0 Å². The van der Waals surface area contributed by atoms with Gasteiger partial charge >= 0.3 is 0 Å². The zero-order valence-corrected chi connectivity index (χ0v) is 13.8. The summed E-state index contributed by atoms with van der Waals surface area (Å²) in [6.45, 7) is 0.595. The molecule has 9 heteroatoms. The van der Waals surface area contributed by atoms with Crippen LogP contribution in [0.25, 0.3) is 11.2 Å². The summed E-state index contributed by atoms with van der Waals surface area (Å²) in [4.78, 5) is 12.8. The predicted molar refractivity (Wildman–Crippen MR) is 91.1 cm³/mol. The lowest BCUT2D eigenvalue weighted by molar-refractivity contribution is -0.0162. The fourth-order valence-electron chi connectivity index (χ4n) is 2.83. The van der Waals surface area contributed by atoms with E-state index in [1.54, 1.807) is 4.57 Å². The van der Waals surface area contributed by atoms with Gasteiger partial charge in [-0.1, -0.05) is 23.7 Å². The smallest absolute Gasteiger partial charge is 0.167 e. The summed E-state index contributed by atoms with van der Waals surface area (Å²) in [7, 11) is 0. The first kappa shape index (κ1) is 16.2. The average Bonchev–Trinajstić information content (AvgIpc) is 3.17. The molecule has 0 spiro atoms. The van der Waals surface area contributed by atoms with Gasteiger partial charge in [0, 0.05) is 11.6 Å². The lowest BCUT2D eigenvalue weighted by Gasteiger charge is -2.16. The third-order valence-corrected chi connectivity index (χ3v) is 4.34. The highest BCUT2D eigenvalue weighted by molar-refractivity contribution is 6.30. The summed E-state index contributed by atoms with van der Waals surface area (Å²) in [5.41, 5.74) is 2.08. The normalized spacial score (nSPS) is 23.2. The van der Waals surface area contributed by atoms with Crippen LogP contribution in [0.15, 0.2) is 36.9 Å². The molecule has 3 aromatic rings. The number of aliphatic hydroxyl groups is 2. The number of imidazole rings is 1. The molecule has 8 nitrogen and oxygen atoms in total. The van der Waals surface area contributed by atoms with Crippen molar-refractivity contribution in [3.8, 4) is 0 Å². The molecule has 1 aliphatic heterocycles. The van der Waals surface area contributed by atoms with Crippen molar-refractivity contribution in [1.82, 2.24) is 19.5 Å². The van der Waals surface area contributed by atoms with E-state index in [9.17, 15) is 10.2 Å². The Morgan fingerprint density at radius 1 is 1.28 bits per heavy atom. The van der Waals surface area contributed by atoms with E-state index in [0.29, 0.717) is 28.5 Å². The minimum absolute atomic E-state index is 0.0659. The molecule has 1 aliphatic rings. The molecule has 0 bridgehead atoms. The molecular weight excluding hydrogens is 346 g/mol. The molecule has 3 N–H and O–H groups in total. The van der Waals surface area contributed by atoms with Crippen molar-refractivity contribution in [1.29, 1.82) is 0 Å². The van der Waals surface area contributed by atoms with E-state index in [4.69, 9.17) is 16.3 Å². The second kappa shape index (κ2) is 6.57. The minimum Gasteiger partial charge on any atom is -0.388 e. The number of anilines is 1. The van der Waals surface area contributed by atoms with E-state index in [2.05, 4.69) is 20.3 Å². The first-order chi connectivity index (χ1) is 12.1. The quantitative estimate of drug-likeness (QED) is 0.644. The first-order valence-electron chi connectivity index (χ1n) is 7.77. The molecule has 4 rings (SSSR count). The molecule has 3 heterocycles. The molecule has 3 atom stereocenters. The Morgan fingerprint density at radius 2 is 2.16 bits per heavy atom. The number of fused-ring (bicyclic) bond motifs is 1. The largest absolute Gasteiger partial charge is 0.388 e. The van der Waals surface area contributed by atoms with E-state index in [-0.39, 0.29) is 6.61 Å². The van der Waals surface area contributed by atoms with Gasteiger partial charge in [-0.25, -0.2) is 15.0 Å². The third kappa shape index (κ3) is 3.05. The van der Waals surface area contributed by atoms with Gasteiger partial charge in [-0.15, -0.1) is 0 Å². The van der Waals surface area contributed by atoms with Gasteiger partial charge in [0.2, 0.25) is 0 Å². The van der Waals surface area contributed by atoms with Gasteiger partial charge in [-0.2, -0.15) is 0 Å². The molecule has 1 saturated heterocycles. The number of ether oxygens (including phenoxy) is 1. The van der Waals surface area contributed by atoms with Gasteiger partial charge in [0.05, 0.1) is 12.9 Å². The van der Waals surface area contributed by atoms with Gasteiger partial charge in [0.1, 0.15) is 18.5 Å². The molecule has 1 aromatic carbocycles. The zero-order valence-electron chi connectivity index (χ0n) is 13.1. The van der Waals surface area contributed by atoms with Crippen LogP contribution < -0.4 is 5.32 Å². The van der Waals surface area contributed by atoms with Crippen LogP contribution in [0, 0.1) is 0 Å². The molecule has 0 unspecified atom stereocenters. The molecule has 2 aromatic heterocycles. The predicted octanol–water partition coefficient (Wildman–Crippen LogP) is 1.34. The number of aliphatic hydroxyl groups excluding tert-OH is 2. The first-order valence-corrected chi connectivity index (χ1v) is 8.15. The van der Waals surface area contributed by atoms with Crippen LogP contribution in [0.5, 0.6) is 0 Å². The maximum atomic E-state index is 10.0. The maximum absolute atomic E-state index is 10.0. The van der Waals surface area contributed by atoms with Crippen molar-refractivity contribution >= 4 is 28.6 Å². The molecule has 1 fully saturated rings. The Balaban J connectivity index is 1.61. The summed E-state index contributed by atoms with van der Waals surface area (Å²) in [6.07, 6.45) is 0.254. The van der Waals surface area contributed by atoms with E-state index < -0.39 is 18.4 Å². The lowest BCUT2D eigenvalue weighted by Crippen LogP contribution is -2.28. The number of benzene rings is 1. The Morgan fingerprint density at radius 3 is 2.92 bits per heavy atom. The average molecular weight is 362 g/mol. The Hall–Kier alpha value is -2.26. The third-order valence-electron chi connectivity index (χ3n) is 4.11. The van der Waals surface area contributed by atoms with Crippen molar-refractivity contribution in [2.75, 3.05) is 11.9 Å². The molecule has 130 valence electrons. The van der Waals surface area contributed by atoms with E-state index in [1.165, 1.54) is 12.7 Å². The number of nitrogens with zero attached hydrogens (tertiary/aromatic N) is 4. The van der Waals surface area contributed by atoms with E-state index in [1.807, 2.05) is 24.3 Å². The highest BCUT2D eigenvalue weighted by atomic mass is 35.5. The van der Waals surface area contributed by atoms with Crippen molar-refractivity contribution in [2.45, 2.75) is 25.0 Å². The number of nitrogens with one attached hydrogen (secondary N) is 1.